The minimum atomic E-state index is -0.585. The number of hydrogen-bond acceptors (Lipinski definition) is 3. The highest BCUT2D eigenvalue weighted by atomic mass is 32.1. The van der Waals surface area contributed by atoms with E-state index < -0.39 is 11.6 Å². The first-order valence-electron chi connectivity index (χ1n) is 6.40. The number of guanidine groups is 1. The van der Waals surface area contributed by atoms with E-state index in [0.717, 1.165) is 28.1 Å². The van der Waals surface area contributed by atoms with Crippen molar-refractivity contribution in [1.29, 1.82) is 0 Å². The van der Waals surface area contributed by atoms with Crippen LogP contribution < -0.4 is 11.1 Å². The van der Waals surface area contributed by atoms with E-state index in [1.165, 1.54) is 0 Å². The number of halogens is 2. The van der Waals surface area contributed by atoms with Crippen molar-refractivity contribution in [2.45, 2.75) is 19.8 Å². The molecule has 1 heterocycles. The van der Waals surface area contributed by atoms with E-state index in [0.29, 0.717) is 6.54 Å². The Balaban J connectivity index is 1.99. The number of nitrogens with two attached hydrogens (primary N) is 1. The van der Waals surface area contributed by atoms with Gasteiger partial charge >= 0.3 is 0 Å². The van der Waals surface area contributed by atoms with Crippen molar-refractivity contribution in [2.24, 2.45) is 10.7 Å². The summed E-state index contributed by atoms with van der Waals surface area (Å²) in [6.45, 7) is 4.39. The number of aliphatic imine (C=N–C) groups is 1. The van der Waals surface area contributed by atoms with Gasteiger partial charge in [0.25, 0.3) is 0 Å². The van der Waals surface area contributed by atoms with Gasteiger partial charge in [0.1, 0.15) is 11.6 Å². The lowest BCUT2D eigenvalue weighted by molar-refractivity contribution is 0.604. The molecule has 1 atom stereocenters. The molecule has 3 N–H and O–H groups in total. The molecular weight excluding hydrogens is 294 g/mol. The summed E-state index contributed by atoms with van der Waals surface area (Å²) in [5, 5.41) is 3.53. The lowest BCUT2D eigenvalue weighted by Gasteiger charge is -2.08. The highest BCUT2D eigenvalue weighted by Gasteiger charge is 2.10. The second-order valence-electron chi connectivity index (χ2n) is 4.69. The molecule has 7 heteroatoms. The predicted octanol–water partition coefficient (Wildman–Crippen LogP) is 3.26. The molecule has 1 aromatic carbocycles. The third-order valence-electron chi connectivity index (χ3n) is 2.79. The van der Waals surface area contributed by atoms with Crippen molar-refractivity contribution >= 4 is 23.0 Å². The van der Waals surface area contributed by atoms with E-state index in [1.54, 1.807) is 11.3 Å². The monoisotopic (exact) mass is 310 g/mol. The topological polar surface area (TPSA) is 63.3 Å². The Morgan fingerprint density at radius 3 is 2.90 bits per heavy atom. The van der Waals surface area contributed by atoms with Gasteiger partial charge in [-0.05, 0) is 19.1 Å². The second-order valence-corrected chi connectivity index (χ2v) is 5.95. The van der Waals surface area contributed by atoms with Crippen LogP contribution in [0.25, 0.3) is 0 Å². The molecule has 21 heavy (non-hydrogen) atoms. The molecule has 0 saturated heterocycles. The van der Waals surface area contributed by atoms with Gasteiger partial charge < -0.3 is 11.1 Å². The fraction of sp³-hybridized carbons (Fsp3) is 0.286. The average Bonchev–Trinajstić information content (AvgIpc) is 2.87. The normalized spacial score (nSPS) is 13.2. The summed E-state index contributed by atoms with van der Waals surface area (Å²) in [5.41, 5.74) is 5.66. The molecule has 0 spiro atoms. The van der Waals surface area contributed by atoms with Crippen molar-refractivity contribution in [2.75, 3.05) is 11.9 Å². The number of nitrogens with one attached hydrogen (secondary N) is 1. The van der Waals surface area contributed by atoms with E-state index in [4.69, 9.17) is 5.73 Å². The smallest absolute Gasteiger partial charge is 0.193 e. The Morgan fingerprint density at radius 2 is 2.24 bits per heavy atom. The summed E-state index contributed by atoms with van der Waals surface area (Å²) < 4.78 is 26.5. The highest BCUT2D eigenvalue weighted by Crippen LogP contribution is 2.21. The van der Waals surface area contributed by atoms with Crippen LogP contribution in [0.15, 0.2) is 29.4 Å². The van der Waals surface area contributed by atoms with Crippen molar-refractivity contribution in [1.82, 2.24) is 4.98 Å². The standard InChI is InChI=1S/C14H16F2N4S/c1-8(13-18-7-9(2)21-13)6-19-14(17)20-12-5-10(15)3-4-11(12)16/h3-5,7-8H,6H2,1-2H3,(H3,17,19,20). The maximum atomic E-state index is 13.4. The molecule has 4 nitrogen and oxygen atoms in total. The Morgan fingerprint density at radius 1 is 1.48 bits per heavy atom. The first-order chi connectivity index (χ1) is 9.95. The summed E-state index contributed by atoms with van der Waals surface area (Å²) >= 11 is 1.60. The molecule has 0 radical (unpaired) electrons. The fourth-order valence-electron chi connectivity index (χ4n) is 1.68. The molecule has 2 aromatic rings. The molecule has 112 valence electrons. The highest BCUT2D eigenvalue weighted by molar-refractivity contribution is 7.11. The van der Waals surface area contributed by atoms with E-state index in [1.807, 2.05) is 20.0 Å². The zero-order valence-electron chi connectivity index (χ0n) is 11.7. The van der Waals surface area contributed by atoms with Crippen LogP contribution >= 0.6 is 11.3 Å². The van der Waals surface area contributed by atoms with Crippen LogP contribution in [-0.2, 0) is 0 Å². The molecule has 0 amide bonds. The summed E-state index contributed by atoms with van der Waals surface area (Å²) in [6, 6.07) is 3.11. The van der Waals surface area contributed by atoms with Gasteiger partial charge in [0.15, 0.2) is 5.96 Å². The van der Waals surface area contributed by atoms with Crippen LogP contribution in [0.2, 0.25) is 0 Å². The second kappa shape index (κ2) is 6.62. The molecule has 0 aliphatic heterocycles. The number of anilines is 1. The lowest BCUT2D eigenvalue weighted by atomic mass is 10.2. The molecule has 1 unspecified atom stereocenters. The van der Waals surface area contributed by atoms with E-state index in [2.05, 4.69) is 15.3 Å². The van der Waals surface area contributed by atoms with Crippen LogP contribution in [0.5, 0.6) is 0 Å². The van der Waals surface area contributed by atoms with Gasteiger partial charge in [0.05, 0.1) is 17.2 Å². The Kier molecular flexibility index (Phi) is 4.85. The third-order valence-corrected chi connectivity index (χ3v) is 3.93. The fourth-order valence-corrected chi connectivity index (χ4v) is 2.50. The number of aromatic nitrogens is 1. The third kappa shape index (κ3) is 4.22. The maximum absolute atomic E-state index is 13.4. The van der Waals surface area contributed by atoms with Gasteiger partial charge in [-0.25, -0.2) is 13.8 Å². The Hall–Kier alpha value is -2.02. The van der Waals surface area contributed by atoms with E-state index in [-0.39, 0.29) is 17.6 Å². The minimum Gasteiger partial charge on any atom is -0.370 e. The van der Waals surface area contributed by atoms with Gasteiger partial charge in [-0.1, -0.05) is 6.92 Å². The number of benzene rings is 1. The number of hydrogen-bond donors (Lipinski definition) is 2. The summed E-state index contributed by atoms with van der Waals surface area (Å²) in [5.74, 6) is -0.975. The Labute approximate surface area is 125 Å². The molecule has 0 bridgehead atoms. The lowest BCUT2D eigenvalue weighted by Crippen LogP contribution is -2.24. The quantitative estimate of drug-likeness (QED) is 0.673. The van der Waals surface area contributed by atoms with Gasteiger partial charge in [-0.2, -0.15) is 0 Å². The van der Waals surface area contributed by atoms with Crippen LogP contribution in [0.1, 0.15) is 22.7 Å². The molecule has 0 saturated carbocycles. The predicted molar refractivity (Wildman–Crippen MR) is 81.7 cm³/mol. The zero-order valence-corrected chi connectivity index (χ0v) is 12.5. The first-order valence-corrected chi connectivity index (χ1v) is 7.21. The largest absolute Gasteiger partial charge is 0.370 e. The number of aryl methyl sites for hydroxylation is 1. The van der Waals surface area contributed by atoms with Crippen molar-refractivity contribution in [3.63, 3.8) is 0 Å². The SMILES string of the molecule is Cc1cnc(C(C)CN=C(N)Nc2cc(F)ccc2F)s1. The number of thiazole rings is 1. The number of rotatable bonds is 4. The summed E-state index contributed by atoms with van der Waals surface area (Å²) in [6.07, 6.45) is 1.81. The van der Waals surface area contributed by atoms with Crippen LogP contribution in [-0.4, -0.2) is 17.5 Å². The van der Waals surface area contributed by atoms with Crippen molar-refractivity contribution in [3.05, 3.63) is 45.9 Å². The van der Waals surface area contributed by atoms with Crippen LogP contribution in [0, 0.1) is 18.6 Å². The molecule has 1 aromatic heterocycles. The maximum Gasteiger partial charge on any atom is 0.193 e. The zero-order chi connectivity index (χ0) is 15.4. The average molecular weight is 310 g/mol. The summed E-state index contributed by atoms with van der Waals surface area (Å²) in [7, 11) is 0. The number of nitrogens with zero attached hydrogens (tertiary/aromatic N) is 2. The van der Waals surface area contributed by atoms with Gasteiger partial charge in [0.2, 0.25) is 0 Å². The summed E-state index contributed by atoms with van der Waals surface area (Å²) in [4.78, 5) is 9.55. The molecule has 0 aliphatic carbocycles. The van der Waals surface area contributed by atoms with Crippen molar-refractivity contribution in [3.8, 4) is 0 Å². The Bertz CT molecular complexity index is 654. The molecule has 0 fully saturated rings. The molecule has 0 aliphatic rings. The van der Waals surface area contributed by atoms with Gasteiger partial charge in [0, 0.05) is 23.1 Å². The first kappa shape index (κ1) is 15.4. The van der Waals surface area contributed by atoms with Gasteiger partial charge in [-0.15, -0.1) is 11.3 Å². The van der Waals surface area contributed by atoms with Crippen LogP contribution in [0.4, 0.5) is 14.5 Å². The van der Waals surface area contributed by atoms with E-state index in [9.17, 15) is 8.78 Å². The molecule has 2 rings (SSSR count). The molecular formula is C14H16F2N4S. The van der Waals surface area contributed by atoms with E-state index >= 15 is 0 Å². The van der Waals surface area contributed by atoms with Crippen LogP contribution in [0.3, 0.4) is 0 Å². The minimum absolute atomic E-state index is 0.0333. The van der Waals surface area contributed by atoms with Gasteiger partial charge in [-0.3, -0.25) is 4.99 Å². The van der Waals surface area contributed by atoms with Crippen molar-refractivity contribution < 1.29 is 8.78 Å².